The molecule has 1 atom stereocenters. The summed E-state index contributed by atoms with van der Waals surface area (Å²) < 4.78 is 1.48. The zero-order valence-corrected chi connectivity index (χ0v) is 17.7. The van der Waals surface area contributed by atoms with E-state index in [0.717, 1.165) is 22.1 Å². The molecule has 3 N–H and O–H groups in total. The predicted molar refractivity (Wildman–Crippen MR) is 126 cm³/mol. The molecule has 1 unspecified atom stereocenters. The Morgan fingerprint density at radius 1 is 1.21 bits per heavy atom. The predicted octanol–water partition coefficient (Wildman–Crippen LogP) is 3.39. The normalized spacial score (nSPS) is 11.9. The molecule has 5 rings (SSSR count). The molecule has 0 aliphatic heterocycles. The summed E-state index contributed by atoms with van der Waals surface area (Å²) in [7, 11) is 0. The van der Waals surface area contributed by atoms with Crippen molar-refractivity contribution in [3.8, 4) is 23.5 Å². The molecule has 0 aliphatic rings. The number of hydrogen-bond donors (Lipinski definition) is 2. The smallest absolute Gasteiger partial charge is 0.259 e. The largest absolute Gasteiger partial charge is 0.381 e. The zero-order valence-electron chi connectivity index (χ0n) is 17.7. The van der Waals surface area contributed by atoms with E-state index in [1.165, 1.54) is 4.52 Å². The van der Waals surface area contributed by atoms with Gasteiger partial charge in [-0.2, -0.15) is 10.2 Å². The van der Waals surface area contributed by atoms with Crippen LogP contribution < -0.4 is 11.1 Å². The number of nitrogens with two attached hydrogens (primary N) is 1. The molecule has 1 amide bonds. The van der Waals surface area contributed by atoms with Crippen LogP contribution >= 0.6 is 0 Å². The first-order valence-corrected chi connectivity index (χ1v) is 10.3. The van der Waals surface area contributed by atoms with Crippen LogP contribution in [-0.4, -0.2) is 30.7 Å². The van der Waals surface area contributed by atoms with Crippen molar-refractivity contribution >= 4 is 28.3 Å². The van der Waals surface area contributed by atoms with Crippen molar-refractivity contribution in [3.05, 3.63) is 83.8 Å². The topological polar surface area (TPSA) is 111 Å². The van der Waals surface area contributed by atoms with E-state index in [-0.39, 0.29) is 23.3 Å². The summed E-state index contributed by atoms with van der Waals surface area (Å²) in [5.41, 5.74) is 10.8. The Morgan fingerprint density at radius 2 is 2.03 bits per heavy atom. The molecular weight excluding hydrogens is 414 g/mol. The molecule has 3 heterocycles. The highest BCUT2D eigenvalue weighted by Gasteiger charge is 2.23. The second-order valence-electron chi connectivity index (χ2n) is 7.57. The van der Waals surface area contributed by atoms with Gasteiger partial charge in [-0.3, -0.25) is 4.79 Å². The number of nitrogen functional groups attached to an aromatic ring is 1. The summed E-state index contributed by atoms with van der Waals surface area (Å²) >= 11 is 0. The maximum absolute atomic E-state index is 13.2. The van der Waals surface area contributed by atoms with Crippen LogP contribution in [0.3, 0.4) is 0 Å². The number of anilines is 1. The number of hydrogen-bond acceptors (Lipinski definition) is 6. The third kappa shape index (κ3) is 3.51. The summed E-state index contributed by atoms with van der Waals surface area (Å²) in [6.45, 7) is 1.90. The summed E-state index contributed by atoms with van der Waals surface area (Å²) in [6, 6.07) is 15.1. The van der Waals surface area contributed by atoms with Crippen LogP contribution in [0.1, 0.15) is 34.5 Å². The molecule has 8 nitrogen and oxygen atoms in total. The van der Waals surface area contributed by atoms with Gasteiger partial charge in [0.2, 0.25) is 0 Å². The third-order valence-electron chi connectivity index (χ3n) is 5.51. The number of rotatable bonds is 4. The zero-order chi connectivity index (χ0) is 22.9. The lowest BCUT2D eigenvalue weighted by Crippen LogP contribution is -2.27. The molecule has 0 saturated carbocycles. The second kappa shape index (κ2) is 8.05. The number of fused-ring (bicyclic) bond motifs is 2. The van der Waals surface area contributed by atoms with Crippen molar-refractivity contribution in [1.29, 1.82) is 0 Å². The maximum atomic E-state index is 13.2. The standard InChI is InChI=1S/C25H19N7O/c1-3-16-14-28-30-21-13-18(19(12-20(16)21)17-8-5-4-6-9-17)15(2)29-25(33)22-23(26)31-32-11-7-10-27-24(22)32/h1,4-15H,2H3,(H2,26,31)(H,29,33). The van der Waals surface area contributed by atoms with Crippen LogP contribution in [0.25, 0.3) is 27.7 Å². The second-order valence-corrected chi connectivity index (χ2v) is 7.57. The van der Waals surface area contributed by atoms with Gasteiger partial charge in [-0.1, -0.05) is 36.3 Å². The average Bonchev–Trinajstić information content (AvgIpc) is 3.19. The van der Waals surface area contributed by atoms with Crippen LogP contribution in [0.5, 0.6) is 0 Å². The van der Waals surface area contributed by atoms with Crippen LogP contribution in [0.15, 0.2) is 67.1 Å². The molecule has 8 heteroatoms. The highest BCUT2D eigenvalue weighted by molar-refractivity contribution is 6.04. The number of aromatic nitrogens is 5. The highest BCUT2D eigenvalue weighted by atomic mass is 16.1. The summed E-state index contributed by atoms with van der Waals surface area (Å²) in [6.07, 6.45) is 10.5. The molecule has 0 saturated heterocycles. The van der Waals surface area contributed by atoms with E-state index >= 15 is 0 Å². The molecule has 0 bridgehead atoms. The van der Waals surface area contributed by atoms with Gasteiger partial charge in [0.05, 0.1) is 23.3 Å². The number of nitrogens with one attached hydrogen (secondary N) is 1. The minimum atomic E-state index is -0.383. The lowest BCUT2D eigenvalue weighted by molar-refractivity contribution is 0.0942. The van der Waals surface area contributed by atoms with Crippen molar-refractivity contribution in [2.75, 3.05) is 5.73 Å². The van der Waals surface area contributed by atoms with Gasteiger partial charge in [0.1, 0.15) is 5.56 Å². The number of amides is 1. The van der Waals surface area contributed by atoms with Crippen molar-refractivity contribution in [1.82, 2.24) is 30.1 Å². The van der Waals surface area contributed by atoms with Crippen LogP contribution in [-0.2, 0) is 0 Å². The Kier molecular flexibility index (Phi) is 4.92. The molecule has 160 valence electrons. The summed E-state index contributed by atoms with van der Waals surface area (Å²) in [4.78, 5) is 17.4. The Hall–Kier alpha value is -4.77. The number of terminal acetylenes is 1. The van der Waals surface area contributed by atoms with E-state index in [4.69, 9.17) is 12.2 Å². The number of benzene rings is 2. The maximum Gasteiger partial charge on any atom is 0.259 e. The van der Waals surface area contributed by atoms with Gasteiger partial charge in [-0.05, 0) is 41.8 Å². The van der Waals surface area contributed by atoms with Crippen LogP contribution in [0, 0.1) is 12.3 Å². The fourth-order valence-corrected chi connectivity index (χ4v) is 3.93. The molecule has 3 aromatic heterocycles. The molecule has 0 radical (unpaired) electrons. The fourth-order valence-electron chi connectivity index (χ4n) is 3.93. The fraction of sp³-hybridized carbons (Fsp3) is 0.0800. The van der Waals surface area contributed by atoms with Crippen LogP contribution in [0.2, 0.25) is 0 Å². The van der Waals surface area contributed by atoms with E-state index < -0.39 is 0 Å². The Morgan fingerprint density at radius 3 is 2.82 bits per heavy atom. The van der Waals surface area contributed by atoms with Gasteiger partial charge >= 0.3 is 0 Å². The molecule has 2 aromatic carbocycles. The number of nitrogens with zero attached hydrogens (tertiary/aromatic N) is 5. The van der Waals surface area contributed by atoms with Gasteiger partial charge in [-0.25, -0.2) is 9.50 Å². The minimum Gasteiger partial charge on any atom is -0.381 e. The molecule has 0 aliphatic carbocycles. The molecule has 0 fully saturated rings. The molecular formula is C25H19N7O. The van der Waals surface area contributed by atoms with E-state index in [1.54, 1.807) is 24.7 Å². The SMILES string of the molecule is C#Cc1cnnc2cc(C(C)NC(=O)c3c(N)nn4cccnc34)c(-c3ccccc3)cc12. The number of carbonyl (C=O) groups is 1. The molecule has 0 spiro atoms. The van der Waals surface area contributed by atoms with Crippen molar-refractivity contribution < 1.29 is 4.79 Å². The van der Waals surface area contributed by atoms with Gasteiger partial charge < -0.3 is 11.1 Å². The third-order valence-corrected chi connectivity index (χ3v) is 5.51. The first-order valence-electron chi connectivity index (χ1n) is 10.3. The number of carbonyl (C=O) groups excluding carboxylic acids is 1. The van der Waals surface area contributed by atoms with E-state index in [2.05, 4.69) is 31.5 Å². The van der Waals surface area contributed by atoms with Crippen molar-refractivity contribution in [3.63, 3.8) is 0 Å². The van der Waals surface area contributed by atoms with E-state index in [0.29, 0.717) is 16.7 Å². The quantitative estimate of drug-likeness (QED) is 0.420. The lowest BCUT2D eigenvalue weighted by atomic mass is 9.92. The summed E-state index contributed by atoms with van der Waals surface area (Å²) in [5, 5.41) is 16.3. The molecule has 33 heavy (non-hydrogen) atoms. The first-order chi connectivity index (χ1) is 16.1. The van der Waals surface area contributed by atoms with E-state index in [9.17, 15) is 4.79 Å². The Labute approximate surface area is 189 Å². The lowest BCUT2D eigenvalue weighted by Gasteiger charge is -2.19. The Balaban J connectivity index is 1.60. The van der Waals surface area contributed by atoms with Crippen molar-refractivity contribution in [2.24, 2.45) is 0 Å². The van der Waals surface area contributed by atoms with E-state index in [1.807, 2.05) is 49.4 Å². The van der Waals surface area contributed by atoms with Gasteiger partial charge in [0, 0.05) is 17.8 Å². The summed E-state index contributed by atoms with van der Waals surface area (Å²) in [5.74, 6) is 2.42. The average molecular weight is 433 g/mol. The highest BCUT2D eigenvalue weighted by Crippen LogP contribution is 2.33. The van der Waals surface area contributed by atoms with Gasteiger partial charge in [-0.15, -0.1) is 11.5 Å². The van der Waals surface area contributed by atoms with Crippen LogP contribution in [0.4, 0.5) is 5.82 Å². The van der Waals surface area contributed by atoms with Gasteiger partial charge in [0.15, 0.2) is 11.5 Å². The minimum absolute atomic E-state index is 0.115. The van der Waals surface area contributed by atoms with Gasteiger partial charge in [0.25, 0.3) is 5.91 Å². The Bertz CT molecular complexity index is 1550. The monoisotopic (exact) mass is 433 g/mol. The van der Waals surface area contributed by atoms with Crippen molar-refractivity contribution in [2.45, 2.75) is 13.0 Å². The molecule has 5 aromatic rings. The first kappa shape index (κ1) is 20.2.